The van der Waals surface area contributed by atoms with Crippen molar-refractivity contribution < 1.29 is 0 Å². The number of benzene rings is 2. The van der Waals surface area contributed by atoms with Crippen LogP contribution in [-0.4, -0.2) is 35.6 Å². The van der Waals surface area contributed by atoms with Crippen LogP contribution in [0.5, 0.6) is 0 Å². The summed E-state index contributed by atoms with van der Waals surface area (Å²) < 4.78 is 2.49. The van der Waals surface area contributed by atoms with Gasteiger partial charge < -0.3 is 19.7 Å². The van der Waals surface area contributed by atoms with E-state index in [0.29, 0.717) is 6.04 Å². The molecule has 0 aliphatic carbocycles. The molecule has 4 nitrogen and oxygen atoms in total. The average molecular weight is 345 g/mol. The lowest BCUT2D eigenvalue weighted by molar-refractivity contribution is 0.193. The van der Waals surface area contributed by atoms with Crippen molar-refractivity contribution in [3.8, 4) is 0 Å². The summed E-state index contributed by atoms with van der Waals surface area (Å²) in [5, 5.41) is 4.71. The first-order valence-corrected chi connectivity index (χ1v) is 9.62. The Hall–Kier alpha value is -2.46. The number of hydrogen-bond acceptors (Lipinski definition) is 3. The minimum Gasteiger partial charge on any atom is -0.360 e. The molecule has 26 heavy (non-hydrogen) atoms. The number of anilines is 2. The molecule has 1 radical (unpaired) electrons. The van der Waals surface area contributed by atoms with E-state index >= 15 is 0 Å². The van der Waals surface area contributed by atoms with Crippen LogP contribution in [0.4, 0.5) is 11.4 Å². The highest BCUT2D eigenvalue weighted by atomic mass is 15.3. The van der Waals surface area contributed by atoms with Crippen molar-refractivity contribution in [1.82, 2.24) is 9.47 Å². The van der Waals surface area contributed by atoms with Gasteiger partial charge in [-0.3, -0.25) is 0 Å². The van der Waals surface area contributed by atoms with Crippen molar-refractivity contribution in [2.24, 2.45) is 0 Å². The molecule has 3 aromatic rings. The Balaban J connectivity index is 1.18. The van der Waals surface area contributed by atoms with E-state index < -0.39 is 0 Å². The molecular weight excluding hydrogens is 320 g/mol. The van der Waals surface area contributed by atoms with E-state index in [2.05, 4.69) is 87.1 Å². The number of nitrogens with one attached hydrogen (secondary N) is 1. The molecule has 0 atom stereocenters. The van der Waals surface area contributed by atoms with Gasteiger partial charge in [-0.1, -0.05) is 30.3 Å². The number of fused-ring (bicyclic) bond motifs is 2. The molecule has 0 saturated carbocycles. The zero-order valence-electron chi connectivity index (χ0n) is 15.0. The molecule has 0 bridgehead atoms. The first kappa shape index (κ1) is 15.8. The third-order valence-electron chi connectivity index (χ3n) is 5.83. The van der Waals surface area contributed by atoms with Gasteiger partial charge in [-0.25, -0.2) is 0 Å². The number of piperidine rings is 1. The summed E-state index contributed by atoms with van der Waals surface area (Å²) in [7, 11) is 0. The van der Waals surface area contributed by atoms with Gasteiger partial charge in [-0.15, -0.1) is 0 Å². The second kappa shape index (κ2) is 6.69. The van der Waals surface area contributed by atoms with Crippen LogP contribution in [-0.2, 0) is 0 Å². The predicted octanol–water partition coefficient (Wildman–Crippen LogP) is 4.33. The van der Waals surface area contributed by atoms with Crippen LogP contribution in [0, 0.1) is 6.67 Å². The van der Waals surface area contributed by atoms with Gasteiger partial charge >= 0.3 is 0 Å². The number of likely N-dealkylation sites (tertiary alicyclic amines) is 1. The van der Waals surface area contributed by atoms with E-state index in [1.165, 1.54) is 48.2 Å². The van der Waals surface area contributed by atoms with Crippen LogP contribution in [0.2, 0.25) is 0 Å². The summed E-state index contributed by atoms with van der Waals surface area (Å²) in [6, 6.07) is 20.1. The third-order valence-corrected chi connectivity index (χ3v) is 5.83. The lowest BCUT2D eigenvalue weighted by Crippen LogP contribution is -2.39. The molecule has 1 aromatic heterocycles. The highest BCUT2D eigenvalue weighted by molar-refractivity contribution is 5.80. The highest BCUT2D eigenvalue weighted by Crippen LogP contribution is 2.32. The largest absolute Gasteiger partial charge is 0.360 e. The molecule has 5 rings (SSSR count). The number of nitrogens with zero attached hydrogens (tertiary/aromatic N) is 3. The SMILES string of the molecule is [CH]1Nc2ccccc2N1CCN1CCC(n2ccc3ccccc32)CC1. The van der Waals surface area contributed by atoms with Crippen LogP contribution in [0.1, 0.15) is 18.9 Å². The topological polar surface area (TPSA) is 23.4 Å². The van der Waals surface area contributed by atoms with Gasteiger partial charge in [0.1, 0.15) is 6.67 Å². The predicted molar refractivity (Wildman–Crippen MR) is 108 cm³/mol. The van der Waals surface area contributed by atoms with Gasteiger partial charge in [0.05, 0.1) is 11.4 Å². The third kappa shape index (κ3) is 2.84. The van der Waals surface area contributed by atoms with Crippen molar-refractivity contribution in [2.75, 3.05) is 36.4 Å². The second-order valence-corrected chi connectivity index (χ2v) is 7.34. The van der Waals surface area contributed by atoms with Crippen LogP contribution in [0.15, 0.2) is 60.8 Å². The lowest BCUT2D eigenvalue weighted by atomic mass is 10.0. The molecule has 0 spiro atoms. The Morgan fingerprint density at radius 3 is 2.62 bits per heavy atom. The summed E-state index contributed by atoms with van der Waals surface area (Å²) in [6.45, 7) is 6.62. The van der Waals surface area contributed by atoms with Crippen molar-refractivity contribution in [3.63, 3.8) is 0 Å². The fraction of sp³-hybridized carbons (Fsp3) is 0.318. The molecule has 2 aromatic carbocycles. The summed E-state index contributed by atoms with van der Waals surface area (Å²) in [5.41, 5.74) is 3.88. The molecule has 0 amide bonds. The van der Waals surface area contributed by atoms with Crippen LogP contribution >= 0.6 is 0 Å². The Bertz CT molecular complexity index is 892. The Morgan fingerprint density at radius 1 is 0.885 bits per heavy atom. The average Bonchev–Trinajstić information content (AvgIpc) is 3.31. The van der Waals surface area contributed by atoms with Gasteiger partial charge in [0.25, 0.3) is 0 Å². The van der Waals surface area contributed by atoms with Crippen LogP contribution < -0.4 is 10.2 Å². The molecule has 4 heteroatoms. The van der Waals surface area contributed by atoms with Gasteiger partial charge in [0, 0.05) is 43.9 Å². The van der Waals surface area contributed by atoms with Crippen molar-refractivity contribution >= 4 is 22.3 Å². The van der Waals surface area contributed by atoms with Gasteiger partial charge in [0.2, 0.25) is 0 Å². The summed E-state index contributed by atoms with van der Waals surface area (Å²) >= 11 is 0. The van der Waals surface area contributed by atoms with Crippen molar-refractivity contribution in [1.29, 1.82) is 0 Å². The molecule has 1 fully saturated rings. The minimum atomic E-state index is 0.631. The van der Waals surface area contributed by atoms with E-state index in [0.717, 1.165) is 13.1 Å². The zero-order valence-corrected chi connectivity index (χ0v) is 15.0. The quantitative estimate of drug-likeness (QED) is 0.761. The maximum Gasteiger partial charge on any atom is 0.139 e. The molecule has 1 saturated heterocycles. The first-order chi connectivity index (χ1) is 12.9. The summed E-state index contributed by atoms with van der Waals surface area (Å²) in [4.78, 5) is 4.94. The Labute approximate surface area is 155 Å². The minimum absolute atomic E-state index is 0.631. The number of aromatic nitrogens is 1. The lowest BCUT2D eigenvalue weighted by Gasteiger charge is -2.34. The smallest absolute Gasteiger partial charge is 0.139 e. The molecule has 0 unspecified atom stereocenters. The van der Waals surface area contributed by atoms with E-state index in [9.17, 15) is 0 Å². The molecule has 3 heterocycles. The molecule has 1 N–H and O–H groups in total. The van der Waals surface area contributed by atoms with Gasteiger partial charge in [-0.05, 0) is 42.5 Å². The first-order valence-electron chi connectivity index (χ1n) is 9.62. The fourth-order valence-electron chi connectivity index (χ4n) is 4.34. The Morgan fingerprint density at radius 2 is 1.69 bits per heavy atom. The van der Waals surface area contributed by atoms with Crippen LogP contribution in [0.3, 0.4) is 0 Å². The fourth-order valence-corrected chi connectivity index (χ4v) is 4.34. The highest BCUT2D eigenvalue weighted by Gasteiger charge is 2.23. The molecule has 2 aliphatic rings. The maximum absolute atomic E-state index is 3.36. The number of hydrogen-bond donors (Lipinski definition) is 1. The maximum atomic E-state index is 3.36. The van der Waals surface area contributed by atoms with E-state index in [1.807, 2.05) is 0 Å². The van der Waals surface area contributed by atoms with Crippen molar-refractivity contribution in [2.45, 2.75) is 18.9 Å². The number of para-hydroxylation sites is 3. The summed E-state index contributed by atoms with van der Waals surface area (Å²) in [6.07, 6.45) is 4.74. The van der Waals surface area contributed by atoms with E-state index in [-0.39, 0.29) is 0 Å². The molecule has 2 aliphatic heterocycles. The van der Waals surface area contributed by atoms with Crippen LogP contribution in [0.25, 0.3) is 10.9 Å². The van der Waals surface area contributed by atoms with Gasteiger partial charge in [-0.2, -0.15) is 0 Å². The molecule has 133 valence electrons. The normalized spacial score (nSPS) is 18.2. The second-order valence-electron chi connectivity index (χ2n) is 7.34. The summed E-state index contributed by atoms with van der Waals surface area (Å²) in [5.74, 6) is 0. The van der Waals surface area contributed by atoms with Crippen molar-refractivity contribution in [3.05, 3.63) is 67.5 Å². The standard InChI is InChI=1S/C22H25N4/c1-3-7-21-18(5-1)9-14-26(21)19-10-12-24(13-11-19)15-16-25-17-23-20-6-2-4-8-22(20)25/h1-9,14,17,19,23H,10-13,15-16H2. The zero-order chi connectivity index (χ0) is 17.3. The van der Waals surface area contributed by atoms with E-state index in [4.69, 9.17) is 0 Å². The molecular formula is C22H25N4. The van der Waals surface area contributed by atoms with E-state index in [1.54, 1.807) is 0 Å². The number of rotatable bonds is 4. The van der Waals surface area contributed by atoms with Gasteiger partial charge in [0.15, 0.2) is 0 Å². The Kier molecular flexibility index (Phi) is 4.06. The monoisotopic (exact) mass is 345 g/mol.